The van der Waals surface area contributed by atoms with Crippen molar-refractivity contribution in [3.63, 3.8) is 0 Å². The van der Waals surface area contributed by atoms with Gasteiger partial charge in [-0.15, -0.1) is 0 Å². The van der Waals surface area contributed by atoms with Crippen molar-refractivity contribution in [1.82, 2.24) is 19.7 Å². The van der Waals surface area contributed by atoms with Gasteiger partial charge in [-0.1, -0.05) is 0 Å². The molecular weight excluding hydrogens is 294 g/mol. The highest BCUT2D eigenvalue weighted by Gasteiger charge is 2.14. The van der Waals surface area contributed by atoms with Gasteiger partial charge in [0.05, 0.1) is 12.8 Å². The Morgan fingerprint density at radius 3 is 2.35 bits per heavy atom. The number of nitrogens with two attached hydrogens (primary N) is 1. The second-order valence-corrected chi connectivity index (χ2v) is 5.03. The number of benzene rings is 1. The summed E-state index contributed by atoms with van der Waals surface area (Å²) in [5.41, 5.74) is 8.31. The summed E-state index contributed by atoms with van der Waals surface area (Å²) in [4.78, 5) is 8.32. The minimum Gasteiger partial charge on any atom is -0.497 e. The predicted molar refractivity (Wildman–Crippen MR) is 86.1 cm³/mol. The van der Waals surface area contributed by atoms with Crippen LogP contribution in [0.25, 0.3) is 5.82 Å². The van der Waals surface area contributed by atoms with E-state index in [1.54, 1.807) is 36.1 Å². The largest absolute Gasteiger partial charge is 0.497 e. The number of nitrogen functional groups attached to an aromatic ring is 1. The predicted octanol–water partition coefficient (Wildman–Crippen LogP) is 2.66. The number of rotatable bonds is 4. The maximum atomic E-state index is 6.16. The van der Waals surface area contributed by atoms with Gasteiger partial charge in [0.25, 0.3) is 0 Å². The summed E-state index contributed by atoms with van der Waals surface area (Å²) in [6.07, 6.45) is 1.40. The summed E-state index contributed by atoms with van der Waals surface area (Å²) in [5.74, 6) is 2.13. The van der Waals surface area contributed by atoms with E-state index >= 15 is 0 Å². The van der Waals surface area contributed by atoms with Crippen LogP contribution in [0.15, 0.2) is 36.7 Å². The van der Waals surface area contributed by atoms with E-state index in [-0.39, 0.29) is 5.88 Å². The second-order valence-electron chi connectivity index (χ2n) is 5.03. The van der Waals surface area contributed by atoms with Crippen molar-refractivity contribution in [3.05, 3.63) is 48.0 Å². The number of nitrogens with zero attached hydrogens (tertiary/aromatic N) is 4. The van der Waals surface area contributed by atoms with E-state index in [1.807, 2.05) is 19.9 Å². The molecule has 0 spiro atoms. The zero-order valence-electron chi connectivity index (χ0n) is 13.1. The van der Waals surface area contributed by atoms with Crippen molar-refractivity contribution in [2.45, 2.75) is 13.8 Å². The van der Waals surface area contributed by atoms with Gasteiger partial charge in [-0.05, 0) is 44.2 Å². The molecule has 0 saturated heterocycles. The van der Waals surface area contributed by atoms with E-state index in [9.17, 15) is 0 Å². The van der Waals surface area contributed by atoms with Crippen molar-refractivity contribution < 1.29 is 9.47 Å². The van der Waals surface area contributed by atoms with Gasteiger partial charge in [-0.2, -0.15) is 10.1 Å². The van der Waals surface area contributed by atoms with E-state index in [4.69, 9.17) is 15.2 Å². The molecule has 0 saturated carbocycles. The normalized spacial score (nSPS) is 10.6. The fraction of sp³-hybridized carbons (Fsp3) is 0.188. The number of anilines is 1. The Bertz CT molecular complexity index is 827. The van der Waals surface area contributed by atoms with Gasteiger partial charge in [0.1, 0.15) is 23.5 Å². The van der Waals surface area contributed by atoms with Crippen LogP contribution in [0.4, 0.5) is 5.69 Å². The first kappa shape index (κ1) is 14.8. The molecule has 23 heavy (non-hydrogen) atoms. The van der Waals surface area contributed by atoms with Crippen LogP contribution < -0.4 is 15.2 Å². The molecule has 0 bridgehead atoms. The van der Waals surface area contributed by atoms with Crippen LogP contribution in [-0.4, -0.2) is 26.9 Å². The van der Waals surface area contributed by atoms with E-state index in [1.165, 1.54) is 6.33 Å². The first-order valence-corrected chi connectivity index (χ1v) is 7.04. The minimum absolute atomic E-state index is 0.285. The molecule has 0 atom stereocenters. The Morgan fingerprint density at radius 1 is 1.04 bits per heavy atom. The van der Waals surface area contributed by atoms with E-state index in [0.717, 1.165) is 17.1 Å². The number of aryl methyl sites for hydroxylation is 2. The van der Waals surface area contributed by atoms with Crippen LogP contribution in [0.1, 0.15) is 11.4 Å². The van der Waals surface area contributed by atoms with Crippen LogP contribution >= 0.6 is 0 Å². The molecule has 3 aromatic rings. The highest BCUT2D eigenvalue weighted by Crippen LogP contribution is 2.29. The SMILES string of the molecule is COc1ccc(Oc2ncnc(-n3nc(C)cc3C)c2N)cc1. The monoisotopic (exact) mass is 311 g/mol. The standard InChI is InChI=1S/C16H17N5O2/c1-10-8-11(2)21(20-10)15-14(17)16(19-9-18-15)23-13-6-4-12(22-3)5-7-13/h4-9H,17H2,1-3H3. The zero-order chi connectivity index (χ0) is 16.4. The molecule has 7 nitrogen and oxygen atoms in total. The van der Waals surface area contributed by atoms with Crippen LogP contribution in [-0.2, 0) is 0 Å². The third kappa shape index (κ3) is 2.94. The maximum absolute atomic E-state index is 6.16. The third-order valence-corrected chi connectivity index (χ3v) is 3.31. The third-order valence-electron chi connectivity index (χ3n) is 3.31. The van der Waals surface area contributed by atoms with Gasteiger partial charge in [-0.3, -0.25) is 0 Å². The molecule has 0 aliphatic carbocycles. The van der Waals surface area contributed by atoms with E-state index < -0.39 is 0 Å². The number of hydrogen-bond acceptors (Lipinski definition) is 6. The highest BCUT2D eigenvalue weighted by atomic mass is 16.5. The van der Waals surface area contributed by atoms with Crippen LogP contribution in [0, 0.1) is 13.8 Å². The lowest BCUT2D eigenvalue weighted by Gasteiger charge is -2.11. The lowest BCUT2D eigenvalue weighted by atomic mass is 10.3. The Morgan fingerprint density at radius 2 is 1.74 bits per heavy atom. The van der Waals surface area contributed by atoms with E-state index in [0.29, 0.717) is 17.3 Å². The summed E-state index contributed by atoms with van der Waals surface area (Å²) < 4.78 is 12.5. The number of methoxy groups -OCH3 is 1. The maximum Gasteiger partial charge on any atom is 0.248 e. The van der Waals surface area contributed by atoms with Crippen molar-refractivity contribution >= 4 is 5.69 Å². The molecule has 3 rings (SSSR count). The summed E-state index contributed by atoms with van der Waals surface area (Å²) in [5, 5.41) is 4.39. The summed E-state index contributed by atoms with van der Waals surface area (Å²) in [7, 11) is 1.61. The van der Waals surface area contributed by atoms with Crippen molar-refractivity contribution in [2.75, 3.05) is 12.8 Å². The first-order valence-electron chi connectivity index (χ1n) is 7.04. The number of ether oxygens (including phenoxy) is 2. The van der Waals surface area contributed by atoms with Crippen molar-refractivity contribution in [3.8, 4) is 23.2 Å². The van der Waals surface area contributed by atoms with Gasteiger partial charge in [0.15, 0.2) is 5.82 Å². The quantitative estimate of drug-likeness (QED) is 0.797. The Balaban J connectivity index is 1.94. The molecule has 2 N–H and O–H groups in total. The topological polar surface area (TPSA) is 88.1 Å². The molecule has 0 radical (unpaired) electrons. The molecule has 7 heteroatoms. The highest BCUT2D eigenvalue weighted by molar-refractivity contribution is 5.60. The van der Waals surface area contributed by atoms with Gasteiger partial charge in [0.2, 0.25) is 5.88 Å². The molecular formula is C16H17N5O2. The van der Waals surface area contributed by atoms with E-state index in [2.05, 4.69) is 15.1 Å². The Kier molecular flexibility index (Phi) is 3.84. The van der Waals surface area contributed by atoms with Crippen LogP contribution in [0.5, 0.6) is 17.4 Å². The Hall–Kier alpha value is -3.09. The van der Waals surface area contributed by atoms with Gasteiger partial charge < -0.3 is 15.2 Å². The minimum atomic E-state index is 0.285. The van der Waals surface area contributed by atoms with Gasteiger partial charge in [0, 0.05) is 5.69 Å². The smallest absolute Gasteiger partial charge is 0.248 e. The van der Waals surface area contributed by atoms with Crippen LogP contribution in [0.3, 0.4) is 0 Å². The number of aromatic nitrogens is 4. The average molecular weight is 311 g/mol. The van der Waals surface area contributed by atoms with Crippen molar-refractivity contribution in [2.24, 2.45) is 0 Å². The molecule has 0 aliphatic rings. The molecule has 0 unspecified atom stereocenters. The summed E-state index contributed by atoms with van der Waals surface area (Å²) in [6, 6.07) is 9.11. The molecule has 2 heterocycles. The second kappa shape index (κ2) is 5.96. The molecule has 0 amide bonds. The first-order chi connectivity index (χ1) is 11.1. The van der Waals surface area contributed by atoms with Crippen molar-refractivity contribution in [1.29, 1.82) is 0 Å². The Labute approximate surface area is 133 Å². The lowest BCUT2D eigenvalue weighted by molar-refractivity contribution is 0.412. The molecule has 0 aliphatic heterocycles. The van der Waals surface area contributed by atoms with Gasteiger partial charge in [-0.25, -0.2) is 9.67 Å². The average Bonchev–Trinajstić information content (AvgIpc) is 2.88. The van der Waals surface area contributed by atoms with Gasteiger partial charge >= 0.3 is 0 Å². The lowest BCUT2D eigenvalue weighted by Crippen LogP contribution is -2.08. The fourth-order valence-corrected chi connectivity index (χ4v) is 2.22. The molecule has 118 valence electrons. The molecule has 1 aromatic carbocycles. The molecule has 2 aromatic heterocycles. The van der Waals surface area contributed by atoms with Crippen LogP contribution in [0.2, 0.25) is 0 Å². The number of hydrogen-bond donors (Lipinski definition) is 1. The summed E-state index contributed by atoms with van der Waals surface area (Å²) >= 11 is 0. The molecule has 0 fully saturated rings. The fourth-order valence-electron chi connectivity index (χ4n) is 2.22. The zero-order valence-corrected chi connectivity index (χ0v) is 13.1. The summed E-state index contributed by atoms with van der Waals surface area (Å²) in [6.45, 7) is 3.85.